The Hall–Kier alpha value is -1.85. The second kappa shape index (κ2) is 9.23. The van der Waals surface area contributed by atoms with Crippen LogP contribution in [0.1, 0.15) is 44.6 Å². The number of ether oxygens (including phenoxy) is 1. The molecule has 0 heterocycles. The molecule has 0 amide bonds. The normalized spacial score (nSPS) is 10.5. The number of hydrogen-bond donors (Lipinski definition) is 0. The Labute approximate surface area is 127 Å². The van der Waals surface area contributed by atoms with Crippen molar-refractivity contribution < 1.29 is 27.5 Å². The van der Waals surface area contributed by atoms with E-state index in [2.05, 4.69) is 6.92 Å². The van der Waals surface area contributed by atoms with Gasteiger partial charge in [-0.05, 0) is 18.1 Å². The number of benzene rings is 1. The van der Waals surface area contributed by atoms with E-state index in [1.165, 1.54) is 0 Å². The van der Waals surface area contributed by atoms with Gasteiger partial charge in [0.1, 0.15) is 18.0 Å². The molecule has 1 aromatic rings. The number of esters is 1. The van der Waals surface area contributed by atoms with Gasteiger partial charge in [0, 0.05) is 12.5 Å². The molecule has 0 N–H and O–H groups in total. The van der Waals surface area contributed by atoms with Gasteiger partial charge in [0.05, 0.1) is 6.61 Å². The smallest absolute Gasteiger partial charge is 0.313 e. The first-order chi connectivity index (χ1) is 10.4. The van der Waals surface area contributed by atoms with Crippen molar-refractivity contribution in [2.75, 3.05) is 6.61 Å². The maximum Gasteiger partial charge on any atom is 0.313 e. The lowest BCUT2D eigenvalue weighted by Crippen LogP contribution is -2.14. The molecule has 0 aliphatic carbocycles. The molecule has 22 heavy (non-hydrogen) atoms. The van der Waals surface area contributed by atoms with Crippen LogP contribution in [0.3, 0.4) is 0 Å². The van der Waals surface area contributed by atoms with E-state index in [1.54, 1.807) is 0 Å². The van der Waals surface area contributed by atoms with Crippen LogP contribution in [-0.4, -0.2) is 18.4 Å². The van der Waals surface area contributed by atoms with Crippen molar-refractivity contribution in [3.63, 3.8) is 0 Å². The number of unbranched alkanes of at least 4 members (excludes halogenated alkanes) is 3. The lowest BCUT2D eigenvalue weighted by molar-refractivity contribution is -0.146. The van der Waals surface area contributed by atoms with Crippen molar-refractivity contribution in [3.05, 3.63) is 35.1 Å². The minimum absolute atomic E-state index is 0.242. The zero-order valence-electron chi connectivity index (χ0n) is 12.5. The molecule has 0 unspecified atom stereocenters. The fraction of sp³-hybridized carbons (Fsp3) is 0.500. The predicted octanol–water partition coefficient (Wildman–Crippen LogP) is 3.73. The van der Waals surface area contributed by atoms with Gasteiger partial charge in [-0.15, -0.1) is 0 Å². The summed E-state index contributed by atoms with van der Waals surface area (Å²) in [5.74, 6) is -4.86. The van der Waals surface area contributed by atoms with Gasteiger partial charge < -0.3 is 4.74 Å². The second-order valence-electron chi connectivity index (χ2n) is 5.03. The summed E-state index contributed by atoms with van der Waals surface area (Å²) < 4.78 is 44.0. The first-order valence-electron chi connectivity index (χ1n) is 7.24. The van der Waals surface area contributed by atoms with Crippen LogP contribution in [0, 0.1) is 17.5 Å². The molecule has 0 fully saturated rings. The quantitative estimate of drug-likeness (QED) is 0.302. The summed E-state index contributed by atoms with van der Waals surface area (Å²) in [4.78, 5) is 23.0. The zero-order valence-corrected chi connectivity index (χ0v) is 12.5. The Bertz CT molecular complexity index is 530. The molecule has 0 radical (unpaired) electrons. The van der Waals surface area contributed by atoms with Gasteiger partial charge in [0.2, 0.25) is 0 Å². The summed E-state index contributed by atoms with van der Waals surface area (Å²) in [7, 11) is 0. The van der Waals surface area contributed by atoms with Crippen LogP contribution in [0.4, 0.5) is 13.2 Å². The number of carbonyl (C=O) groups is 2. The SMILES string of the molecule is CCCCCCOC(=O)CC(=O)Cc1cc(F)c(F)cc1F. The van der Waals surface area contributed by atoms with Crippen LogP contribution < -0.4 is 0 Å². The maximum atomic E-state index is 13.4. The highest BCUT2D eigenvalue weighted by Gasteiger charge is 2.16. The molecule has 0 spiro atoms. The lowest BCUT2D eigenvalue weighted by atomic mass is 10.1. The first-order valence-corrected chi connectivity index (χ1v) is 7.24. The molecule has 0 bridgehead atoms. The summed E-state index contributed by atoms with van der Waals surface area (Å²) in [6.07, 6.45) is 2.79. The fourth-order valence-electron chi connectivity index (χ4n) is 1.90. The predicted molar refractivity (Wildman–Crippen MR) is 74.7 cm³/mol. The van der Waals surface area contributed by atoms with Crippen molar-refractivity contribution in [3.8, 4) is 0 Å². The molecule has 0 aliphatic rings. The van der Waals surface area contributed by atoms with Crippen molar-refractivity contribution in [1.82, 2.24) is 0 Å². The largest absolute Gasteiger partial charge is 0.465 e. The number of ketones is 1. The highest BCUT2D eigenvalue weighted by atomic mass is 19.2. The topological polar surface area (TPSA) is 43.4 Å². The molecule has 1 rings (SSSR count). The van der Waals surface area contributed by atoms with Crippen LogP contribution >= 0.6 is 0 Å². The van der Waals surface area contributed by atoms with Crippen LogP contribution in [-0.2, 0) is 20.7 Å². The number of carbonyl (C=O) groups excluding carboxylic acids is 2. The highest BCUT2D eigenvalue weighted by molar-refractivity contribution is 5.96. The van der Waals surface area contributed by atoms with Crippen molar-refractivity contribution >= 4 is 11.8 Å². The van der Waals surface area contributed by atoms with Gasteiger partial charge in [-0.1, -0.05) is 26.2 Å². The summed E-state index contributed by atoms with van der Waals surface area (Å²) in [6, 6.07) is 1.00. The van der Waals surface area contributed by atoms with Crippen molar-refractivity contribution in [2.45, 2.75) is 45.4 Å². The molecule has 0 aromatic heterocycles. The molecule has 0 aliphatic heterocycles. The Morgan fingerprint density at radius 3 is 2.36 bits per heavy atom. The first kappa shape index (κ1) is 18.2. The highest BCUT2D eigenvalue weighted by Crippen LogP contribution is 2.15. The minimum Gasteiger partial charge on any atom is -0.465 e. The third-order valence-electron chi connectivity index (χ3n) is 3.08. The van der Waals surface area contributed by atoms with Crippen LogP contribution in [0.2, 0.25) is 0 Å². The summed E-state index contributed by atoms with van der Waals surface area (Å²) in [5.41, 5.74) is -0.278. The number of rotatable bonds is 9. The third-order valence-corrected chi connectivity index (χ3v) is 3.08. The fourth-order valence-corrected chi connectivity index (χ4v) is 1.90. The number of Topliss-reactive ketones (excluding diaryl/α,β-unsaturated/α-hetero) is 1. The Morgan fingerprint density at radius 1 is 1.00 bits per heavy atom. The van der Waals surface area contributed by atoms with E-state index < -0.39 is 42.0 Å². The van der Waals surface area contributed by atoms with Crippen LogP contribution in [0.5, 0.6) is 0 Å². The molecular formula is C16H19F3O3. The molecule has 1 aromatic carbocycles. The van der Waals surface area contributed by atoms with E-state index in [1.807, 2.05) is 0 Å². The van der Waals surface area contributed by atoms with E-state index in [9.17, 15) is 22.8 Å². The molecule has 6 heteroatoms. The molecule has 122 valence electrons. The van der Waals surface area contributed by atoms with Crippen LogP contribution in [0.15, 0.2) is 12.1 Å². The second-order valence-corrected chi connectivity index (χ2v) is 5.03. The zero-order chi connectivity index (χ0) is 16.5. The molecular weight excluding hydrogens is 297 g/mol. The minimum atomic E-state index is -1.32. The van der Waals surface area contributed by atoms with Crippen molar-refractivity contribution in [1.29, 1.82) is 0 Å². The van der Waals surface area contributed by atoms with Gasteiger partial charge in [-0.3, -0.25) is 9.59 Å². The number of halogens is 3. The van der Waals surface area contributed by atoms with E-state index in [4.69, 9.17) is 4.74 Å². The molecule has 0 atom stereocenters. The average molecular weight is 316 g/mol. The van der Waals surface area contributed by atoms with Crippen LogP contribution in [0.25, 0.3) is 0 Å². The Kier molecular flexibility index (Phi) is 7.63. The van der Waals surface area contributed by atoms with E-state index in [0.29, 0.717) is 12.1 Å². The van der Waals surface area contributed by atoms with Gasteiger partial charge in [0.25, 0.3) is 0 Å². The third kappa shape index (κ3) is 6.28. The molecule has 0 saturated heterocycles. The van der Waals surface area contributed by atoms with Gasteiger partial charge >= 0.3 is 5.97 Å². The lowest BCUT2D eigenvalue weighted by Gasteiger charge is -2.05. The monoisotopic (exact) mass is 316 g/mol. The average Bonchev–Trinajstić information content (AvgIpc) is 2.44. The standard InChI is InChI=1S/C16H19F3O3/c1-2-3-4-5-6-22-16(21)9-12(20)7-11-8-14(18)15(19)10-13(11)17/h8,10H,2-7,9H2,1H3. The van der Waals surface area contributed by atoms with Crippen molar-refractivity contribution in [2.24, 2.45) is 0 Å². The Balaban J connectivity index is 2.40. The summed E-state index contributed by atoms with van der Waals surface area (Å²) in [5, 5.41) is 0. The van der Waals surface area contributed by atoms with Gasteiger partial charge in [-0.25, -0.2) is 13.2 Å². The number of hydrogen-bond acceptors (Lipinski definition) is 3. The summed E-state index contributed by atoms with van der Waals surface area (Å²) >= 11 is 0. The molecule has 3 nitrogen and oxygen atoms in total. The van der Waals surface area contributed by atoms with E-state index >= 15 is 0 Å². The van der Waals surface area contributed by atoms with E-state index in [-0.39, 0.29) is 12.2 Å². The summed E-state index contributed by atoms with van der Waals surface area (Å²) in [6.45, 7) is 2.30. The maximum absolute atomic E-state index is 13.4. The van der Waals surface area contributed by atoms with Gasteiger partial charge in [0.15, 0.2) is 11.6 Å². The van der Waals surface area contributed by atoms with Gasteiger partial charge in [-0.2, -0.15) is 0 Å². The Morgan fingerprint density at radius 2 is 1.68 bits per heavy atom. The molecule has 0 saturated carbocycles. The van der Waals surface area contributed by atoms with E-state index in [0.717, 1.165) is 25.7 Å².